The van der Waals surface area contributed by atoms with Crippen LogP contribution in [0, 0.1) is 0 Å². The van der Waals surface area contributed by atoms with Gasteiger partial charge in [0.25, 0.3) is 0 Å². The molecule has 298 valence electrons. The van der Waals surface area contributed by atoms with E-state index in [1.807, 2.05) is 40.2 Å². The lowest BCUT2D eigenvalue weighted by Crippen LogP contribution is -2.45. The summed E-state index contributed by atoms with van der Waals surface area (Å²) in [6.45, 7) is 4.53. The molecule has 3 N–H and O–H groups in total. The first-order valence-electron chi connectivity index (χ1n) is 20.5. The van der Waals surface area contributed by atoms with Gasteiger partial charge in [-0.3, -0.25) is 13.8 Å². The lowest BCUT2D eigenvalue weighted by atomic mass is 10.1. The van der Waals surface area contributed by atoms with Gasteiger partial charge >= 0.3 is 7.82 Å². The van der Waals surface area contributed by atoms with Crippen molar-refractivity contribution in [3.63, 3.8) is 0 Å². The highest BCUT2D eigenvalue weighted by Crippen LogP contribution is 2.43. The van der Waals surface area contributed by atoms with E-state index in [4.69, 9.17) is 9.05 Å². The number of phosphoric ester groups is 1. The number of amides is 1. The van der Waals surface area contributed by atoms with Crippen molar-refractivity contribution in [2.24, 2.45) is 0 Å². The van der Waals surface area contributed by atoms with Gasteiger partial charge in [-0.1, -0.05) is 139 Å². The normalized spacial score (nSPS) is 15.0. The Morgan fingerprint density at radius 3 is 1.69 bits per heavy atom. The van der Waals surface area contributed by atoms with Crippen LogP contribution in [0.3, 0.4) is 0 Å². The van der Waals surface area contributed by atoms with Crippen LogP contribution in [-0.4, -0.2) is 73.4 Å². The Balaban J connectivity index is 4.35. The Kier molecular flexibility index (Phi) is 33.2. The summed E-state index contributed by atoms with van der Waals surface area (Å²) in [5.41, 5.74) is 0. The molecule has 0 radical (unpaired) electrons. The summed E-state index contributed by atoms with van der Waals surface area (Å²) in [6.07, 6.45) is 42.1. The molecule has 0 aliphatic heterocycles. The van der Waals surface area contributed by atoms with Gasteiger partial charge < -0.3 is 19.8 Å². The largest absolute Gasteiger partial charge is 0.472 e. The van der Waals surface area contributed by atoms with Crippen LogP contribution in [0.15, 0.2) is 48.6 Å². The zero-order valence-corrected chi connectivity index (χ0v) is 34.5. The van der Waals surface area contributed by atoms with Gasteiger partial charge in [0.2, 0.25) is 5.91 Å². The van der Waals surface area contributed by atoms with Crippen molar-refractivity contribution in [2.75, 3.05) is 40.9 Å². The summed E-state index contributed by atoms with van der Waals surface area (Å²) in [6, 6.07) is -0.869. The van der Waals surface area contributed by atoms with Crippen molar-refractivity contribution >= 4 is 13.7 Å². The third kappa shape index (κ3) is 36.6. The number of aliphatic hydroxyl groups excluding tert-OH is 1. The molecule has 0 aromatic carbocycles. The number of nitrogens with zero attached hydrogens (tertiary/aromatic N) is 1. The van der Waals surface area contributed by atoms with Gasteiger partial charge in [0, 0.05) is 6.42 Å². The molecule has 0 saturated carbocycles. The van der Waals surface area contributed by atoms with Crippen LogP contribution in [0.4, 0.5) is 0 Å². The monoisotopic (exact) mass is 740 g/mol. The molecule has 0 aromatic rings. The second-order valence-corrected chi connectivity index (χ2v) is 16.5. The van der Waals surface area contributed by atoms with Crippen LogP contribution in [-0.2, 0) is 18.4 Å². The van der Waals surface area contributed by atoms with Crippen molar-refractivity contribution in [1.82, 2.24) is 5.32 Å². The molecule has 51 heavy (non-hydrogen) atoms. The summed E-state index contributed by atoms with van der Waals surface area (Å²) < 4.78 is 23.4. The van der Waals surface area contributed by atoms with Gasteiger partial charge in [-0.15, -0.1) is 0 Å². The molecule has 3 unspecified atom stereocenters. The number of phosphoric acid groups is 1. The molecule has 0 spiro atoms. The molecule has 0 fully saturated rings. The van der Waals surface area contributed by atoms with E-state index in [1.54, 1.807) is 6.08 Å². The van der Waals surface area contributed by atoms with Crippen LogP contribution in [0.2, 0.25) is 0 Å². The summed E-state index contributed by atoms with van der Waals surface area (Å²) in [7, 11) is 1.53. The van der Waals surface area contributed by atoms with E-state index in [-0.39, 0.29) is 19.1 Å². The predicted octanol–water partition coefficient (Wildman–Crippen LogP) is 10.9. The Morgan fingerprint density at radius 2 is 1.16 bits per heavy atom. The topological polar surface area (TPSA) is 105 Å². The van der Waals surface area contributed by atoms with Crippen LogP contribution in [0.5, 0.6) is 0 Å². The Bertz CT molecular complexity index is 975. The summed E-state index contributed by atoms with van der Waals surface area (Å²) >= 11 is 0. The fourth-order valence-corrected chi connectivity index (χ4v) is 6.28. The third-order valence-electron chi connectivity index (χ3n) is 8.84. The van der Waals surface area contributed by atoms with Crippen LogP contribution < -0.4 is 5.32 Å². The molecule has 8 nitrogen and oxygen atoms in total. The first-order valence-corrected chi connectivity index (χ1v) is 22.0. The number of rotatable bonds is 36. The first-order chi connectivity index (χ1) is 24.5. The lowest BCUT2D eigenvalue weighted by Gasteiger charge is -2.25. The number of carbonyl (C=O) groups excluding carboxylic acids is 1. The Labute approximate surface area is 314 Å². The molecule has 0 heterocycles. The standard InChI is InChI=1S/C42H79N2O6P/c1-6-8-10-12-14-16-17-18-19-20-21-22-23-24-25-26-28-30-32-34-36-42(46)43-40(39-50-51(47,48)49-38-37-44(3,4)5)41(45)35-33-31-29-27-15-13-11-9-7-2/h7,9,15,21-22,27,33,35,40-41,45H,6,8,10-14,16-20,23-26,28-32,34,36-39H2,1-5H3,(H-,43,46,47,48)/p+1/b9-7+,22-21-,27-15+,35-33+. The average Bonchev–Trinajstić information content (AvgIpc) is 3.07. The van der Waals surface area contributed by atoms with Gasteiger partial charge in [0.05, 0.1) is 39.9 Å². The van der Waals surface area contributed by atoms with Gasteiger partial charge in [-0.05, 0) is 64.7 Å². The fourth-order valence-electron chi connectivity index (χ4n) is 5.54. The minimum absolute atomic E-state index is 0.0511. The molecule has 9 heteroatoms. The number of quaternary nitrogens is 1. The first kappa shape index (κ1) is 49.5. The van der Waals surface area contributed by atoms with E-state index in [0.717, 1.165) is 44.9 Å². The Hall–Kier alpha value is -1.54. The highest BCUT2D eigenvalue weighted by atomic mass is 31.2. The van der Waals surface area contributed by atoms with Crippen molar-refractivity contribution in [2.45, 2.75) is 174 Å². The maximum Gasteiger partial charge on any atom is 0.472 e. The number of unbranched alkanes of at least 4 members (excludes halogenated alkanes) is 18. The van der Waals surface area contributed by atoms with Crippen molar-refractivity contribution < 1.29 is 32.9 Å². The van der Waals surface area contributed by atoms with Crippen LogP contribution in [0.1, 0.15) is 162 Å². The smallest absolute Gasteiger partial charge is 0.387 e. The summed E-state index contributed by atoms with van der Waals surface area (Å²) in [5, 5.41) is 13.7. The number of carbonyl (C=O) groups is 1. The van der Waals surface area contributed by atoms with Gasteiger partial charge in [-0.2, -0.15) is 0 Å². The second kappa shape index (κ2) is 34.2. The van der Waals surface area contributed by atoms with Crippen molar-refractivity contribution in [1.29, 1.82) is 0 Å². The molecule has 0 aliphatic rings. The molecular weight excluding hydrogens is 659 g/mol. The van der Waals surface area contributed by atoms with E-state index >= 15 is 0 Å². The highest BCUT2D eigenvalue weighted by Gasteiger charge is 2.27. The van der Waals surface area contributed by atoms with E-state index < -0.39 is 20.0 Å². The van der Waals surface area contributed by atoms with Crippen molar-refractivity contribution in [3.8, 4) is 0 Å². The number of hydrogen-bond acceptors (Lipinski definition) is 5. The number of nitrogens with one attached hydrogen (secondary N) is 1. The third-order valence-corrected chi connectivity index (χ3v) is 9.83. The van der Waals surface area contributed by atoms with Gasteiger partial charge in [0.1, 0.15) is 13.2 Å². The quantitative estimate of drug-likeness (QED) is 0.0256. The predicted molar refractivity (Wildman–Crippen MR) is 217 cm³/mol. The molecular formula is C42H80N2O6P+. The highest BCUT2D eigenvalue weighted by molar-refractivity contribution is 7.47. The van der Waals surface area contributed by atoms with Gasteiger partial charge in [0.15, 0.2) is 0 Å². The number of likely N-dealkylation sites (N-methyl/N-ethyl adjacent to an activating group) is 1. The fraction of sp³-hybridized carbons (Fsp3) is 0.786. The van der Waals surface area contributed by atoms with Crippen molar-refractivity contribution in [3.05, 3.63) is 48.6 Å². The minimum atomic E-state index is -4.34. The van der Waals surface area contributed by atoms with Crippen LogP contribution >= 0.6 is 7.82 Å². The molecule has 0 bridgehead atoms. The molecule has 1 amide bonds. The summed E-state index contributed by atoms with van der Waals surface area (Å²) in [5.74, 6) is -0.201. The zero-order chi connectivity index (χ0) is 37.9. The zero-order valence-electron chi connectivity index (χ0n) is 33.6. The SMILES string of the molecule is C/C=C/CC/C=C/CC/C=C/C(O)C(COP(=O)(O)OCC[N+](C)(C)C)NC(=O)CCCCCCCCC/C=C\CCCCCCCCCCC. The van der Waals surface area contributed by atoms with E-state index in [0.29, 0.717) is 17.4 Å². The van der Waals surface area contributed by atoms with E-state index in [9.17, 15) is 19.4 Å². The molecule has 3 atom stereocenters. The maximum absolute atomic E-state index is 12.8. The second-order valence-electron chi connectivity index (χ2n) is 15.0. The average molecular weight is 740 g/mol. The minimum Gasteiger partial charge on any atom is -0.387 e. The van der Waals surface area contributed by atoms with Gasteiger partial charge in [-0.25, -0.2) is 4.57 Å². The molecule has 0 aromatic heterocycles. The summed E-state index contributed by atoms with van der Waals surface area (Å²) in [4.78, 5) is 23.0. The molecule has 0 rings (SSSR count). The lowest BCUT2D eigenvalue weighted by molar-refractivity contribution is -0.870. The number of aliphatic hydroxyl groups is 1. The molecule has 0 saturated heterocycles. The maximum atomic E-state index is 12.8. The Morgan fingerprint density at radius 1 is 0.686 bits per heavy atom. The van der Waals surface area contributed by atoms with E-state index in [1.165, 1.54) is 96.3 Å². The molecule has 0 aliphatic carbocycles. The number of allylic oxidation sites excluding steroid dienone is 7. The van der Waals surface area contributed by atoms with Crippen LogP contribution in [0.25, 0.3) is 0 Å². The number of hydrogen-bond donors (Lipinski definition) is 3. The van der Waals surface area contributed by atoms with E-state index in [2.05, 4.69) is 42.6 Å².